The van der Waals surface area contributed by atoms with E-state index in [1.165, 1.54) is 0 Å². The highest BCUT2D eigenvalue weighted by molar-refractivity contribution is 5.91. The molecule has 0 radical (unpaired) electrons. The molecule has 1 atom stereocenters. The number of unbranched alkanes of at least 4 members (excludes halogenated alkanes) is 3. The molecule has 44 heavy (non-hydrogen) atoms. The van der Waals surface area contributed by atoms with Crippen molar-refractivity contribution in [2.75, 3.05) is 52.1 Å². The number of urea groups is 1. The number of nitrogens with one attached hydrogen (secondary N) is 2. The summed E-state index contributed by atoms with van der Waals surface area (Å²) >= 11 is 0. The number of rotatable bonds is 12. The molecule has 240 valence electrons. The minimum Gasteiger partial charge on any atom is -0.507 e. The van der Waals surface area contributed by atoms with E-state index in [2.05, 4.69) is 29.6 Å². The Morgan fingerprint density at radius 2 is 1.73 bits per heavy atom. The zero-order chi connectivity index (χ0) is 31.6. The number of likely N-dealkylation sites (tertiary alicyclic amines) is 1. The lowest BCUT2D eigenvalue weighted by Gasteiger charge is -2.37. The molecule has 2 aliphatic rings. The van der Waals surface area contributed by atoms with Crippen LogP contribution in [-0.2, 0) is 22.4 Å². The Hall–Kier alpha value is -3.79. The number of phenols is 1. The molecular weight excluding hydrogens is 558 g/mol. The number of phenolic OH excluding ortho intramolecular Hbond substituents is 1. The fourth-order valence-corrected chi connectivity index (χ4v) is 6.09. The molecule has 10 nitrogen and oxygen atoms in total. The second kappa shape index (κ2) is 15.8. The second-order valence-electron chi connectivity index (χ2n) is 12.4. The zero-order valence-corrected chi connectivity index (χ0v) is 26.7. The van der Waals surface area contributed by atoms with E-state index < -0.39 is 12.2 Å². The van der Waals surface area contributed by atoms with Crippen LogP contribution in [0.1, 0.15) is 60.8 Å². The van der Waals surface area contributed by atoms with Crippen molar-refractivity contribution in [3.8, 4) is 5.75 Å². The monoisotopic (exact) mass is 607 g/mol. The van der Waals surface area contributed by atoms with Gasteiger partial charge in [-0.3, -0.25) is 4.79 Å². The molecule has 1 fully saturated rings. The molecule has 2 aromatic rings. The van der Waals surface area contributed by atoms with Gasteiger partial charge in [0.15, 0.2) is 6.10 Å². The van der Waals surface area contributed by atoms with Crippen LogP contribution >= 0.6 is 0 Å². The Labute approximate surface area is 261 Å². The van der Waals surface area contributed by atoms with E-state index in [-0.39, 0.29) is 30.2 Å². The number of hydrogen-bond acceptors (Lipinski definition) is 6. The van der Waals surface area contributed by atoms with Crippen molar-refractivity contribution in [2.24, 2.45) is 0 Å². The highest BCUT2D eigenvalue weighted by atomic mass is 16.6. The molecule has 0 bridgehead atoms. The van der Waals surface area contributed by atoms with Gasteiger partial charge in [-0.2, -0.15) is 0 Å². The number of aromatic hydroxyl groups is 1. The second-order valence-corrected chi connectivity index (χ2v) is 12.4. The first kappa shape index (κ1) is 33.1. The molecule has 0 unspecified atom stereocenters. The largest absolute Gasteiger partial charge is 0.507 e. The highest BCUT2D eigenvalue weighted by Gasteiger charge is 2.33. The van der Waals surface area contributed by atoms with Gasteiger partial charge in [-0.1, -0.05) is 43.2 Å². The van der Waals surface area contributed by atoms with Crippen LogP contribution in [0.15, 0.2) is 36.4 Å². The number of fused-ring (bicyclic) bond motifs is 1. The first-order valence-corrected chi connectivity index (χ1v) is 15.9. The maximum absolute atomic E-state index is 13.3. The third-order valence-electron chi connectivity index (χ3n) is 8.64. The summed E-state index contributed by atoms with van der Waals surface area (Å²) in [4.78, 5) is 45.3. The van der Waals surface area contributed by atoms with Crippen molar-refractivity contribution >= 4 is 23.7 Å². The van der Waals surface area contributed by atoms with Crippen molar-refractivity contribution in [2.45, 2.75) is 77.4 Å². The molecule has 10 heteroatoms. The summed E-state index contributed by atoms with van der Waals surface area (Å²) in [6.07, 6.45) is 4.85. The summed E-state index contributed by atoms with van der Waals surface area (Å²) in [5.74, 6) is -0.0865. The molecule has 0 saturated carbocycles. The van der Waals surface area contributed by atoms with Crippen LogP contribution in [0.4, 0.5) is 15.3 Å². The number of amides is 4. The third kappa shape index (κ3) is 9.11. The Kier molecular flexibility index (Phi) is 11.9. The lowest BCUT2D eigenvalue weighted by molar-refractivity contribution is -0.130. The van der Waals surface area contributed by atoms with Gasteiger partial charge in [0, 0.05) is 44.3 Å². The standard InChI is InChI=1S/C34H49N5O5/c1-24-21-26(22-25(2)31(24)40)23-30(32(41)35-16-9-5-6-10-17-37(3)4)44-34(43)38-18-14-28(15-19-38)39-20-13-27-11-7-8-12-29(27)36-33(39)42/h7-8,11-12,21-22,28,30,40H,5-6,9-10,13-20,23H2,1-4H3,(H,35,41)(H,36,42)/t30-/m1/s1. The molecule has 2 aromatic carbocycles. The van der Waals surface area contributed by atoms with E-state index in [0.29, 0.717) is 50.1 Å². The van der Waals surface area contributed by atoms with Gasteiger partial charge < -0.3 is 35.2 Å². The minimum absolute atomic E-state index is 0.0214. The van der Waals surface area contributed by atoms with Crippen molar-refractivity contribution in [1.29, 1.82) is 0 Å². The van der Waals surface area contributed by atoms with E-state index in [9.17, 15) is 19.5 Å². The minimum atomic E-state index is -0.993. The topological polar surface area (TPSA) is 114 Å². The summed E-state index contributed by atoms with van der Waals surface area (Å²) in [6.45, 7) is 6.72. The van der Waals surface area contributed by atoms with Crippen molar-refractivity contribution in [1.82, 2.24) is 20.0 Å². The number of carbonyl (C=O) groups excluding carboxylic acids is 3. The van der Waals surface area contributed by atoms with Crippen LogP contribution in [0.5, 0.6) is 5.75 Å². The predicted molar refractivity (Wildman–Crippen MR) is 172 cm³/mol. The first-order chi connectivity index (χ1) is 21.1. The van der Waals surface area contributed by atoms with E-state index >= 15 is 0 Å². The van der Waals surface area contributed by atoms with Crippen LogP contribution in [0.25, 0.3) is 0 Å². The van der Waals surface area contributed by atoms with E-state index in [1.807, 2.05) is 55.1 Å². The van der Waals surface area contributed by atoms with Crippen LogP contribution < -0.4 is 10.6 Å². The Morgan fingerprint density at radius 1 is 1.05 bits per heavy atom. The normalized spacial score (nSPS) is 16.2. The molecule has 4 rings (SSSR count). The molecule has 0 spiro atoms. The SMILES string of the molecule is Cc1cc(C[C@@H](OC(=O)N2CCC(N3CCc4ccccc4NC3=O)CC2)C(=O)NCCCCCCN(C)C)cc(C)c1O. The summed E-state index contributed by atoms with van der Waals surface area (Å²) in [6, 6.07) is 11.4. The number of benzene rings is 2. The average molecular weight is 608 g/mol. The number of ether oxygens (including phenoxy) is 1. The molecular formula is C34H49N5O5. The van der Waals surface area contributed by atoms with Crippen molar-refractivity contribution in [3.05, 3.63) is 58.7 Å². The van der Waals surface area contributed by atoms with Crippen LogP contribution in [0.3, 0.4) is 0 Å². The maximum atomic E-state index is 13.3. The highest BCUT2D eigenvalue weighted by Crippen LogP contribution is 2.26. The number of aryl methyl sites for hydroxylation is 2. The van der Waals surface area contributed by atoms with Crippen LogP contribution in [-0.4, -0.2) is 96.8 Å². The smallest absolute Gasteiger partial charge is 0.410 e. The van der Waals surface area contributed by atoms with Gasteiger partial charge in [0.05, 0.1) is 0 Å². The van der Waals surface area contributed by atoms with Crippen LogP contribution in [0, 0.1) is 13.8 Å². The zero-order valence-electron chi connectivity index (χ0n) is 26.7. The van der Waals surface area contributed by atoms with Gasteiger partial charge in [-0.15, -0.1) is 0 Å². The number of carbonyl (C=O) groups is 3. The number of anilines is 1. The Bertz CT molecular complexity index is 1270. The summed E-state index contributed by atoms with van der Waals surface area (Å²) in [7, 11) is 4.13. The Morgan fingerprint density at radius 3 is 2.43 bits per heavy atom. The first-order valence-electron chi connectivity index (χ1n) is 15.9. The van der Waals surface area contributed by atoms with Gasteiger partial charge in [0.2, 0.25) is 0 Å². The molecule has 1 saturated heterocycles. The lowest BCUT2D eigenvalue weighted by atomic mass is 10.0. The fraction of sp³-hybridized carbons (Fsp3) is 0.559. The Balaban J connectivity index is 1.32. The average Bonchev–Trinajstić information content (AvgIpc) is 3.16. The summed E-state index contributed by atoms with van der Waals surface area (Å²) < 4.78 is 5.87. The molecule has 0 aliphatic carbocycles. The van der Waals surface area contributed by atoms with Crippen molar-refractivity contribution in [3.63, 3.8) is 0 Å². The summed E-state index contributed by atoms with van der Waals surface area (Å²) in [5, 5.41) is 16.2. The molecule has 3 N–H and O–H groups in total. The number of piperidine rings is 1. The van der Waals surface area contributed by atoms with E-state index in [1.54, 1.807) is 4.90 Å². The lowest BCUT2D eigenvalue weighted by Crippen LogP contribution is -2.51. The van der Waals surface area contributed by atoms with E-state index in [0.717, 1.165) is 55.5 Å². The number of nitrogens with zero attached hydrogens (tertiary/aromatic N) is 3. The van der Waals surface area contributed by atoms with E-state index in [4.69, 9.17) is 4.74 Å². The third-order valence-corrected chi connectivity index (χ3v) is 8.64. The van der Waals surface area contributed by atoms with Gasteiger partial charge in [0.1, 0.15) is 5.75 Å². The molecule has 2 heterocycles. The fourth-order valence-electron chi connectivity index (χ4n) is 6.09. The summed E-state index contributed by atoms with van der Waals surface area (Å²) in [5.41, 5.74) is 4.23. The molecule has 4 amide bonds. The maximum Gasteiger partial charge on any atom is 0.410 e. The van der Waals surface area contributed by atoms with Crippen LogP contribution in [0.2, 0.25) is 0 Å². The quantitative estimate of drug-likeness (QED) is 0.297. The predicted octanol–water partition coefficient (Wildman–Crippen LogP) is 4.85. The van der Waals surface area contributed by atoms with Gasteiger partial charge in [-0.05, 0) is 94.9 Å². The van der Waals surface area contributed by atoms with Crippen molar-refractivity contribution < 1.29 is 24.2 Å². The molecule has 2 aliphatic heterocycles. The number of para-hydroxylation sites is 1. The number of hydrogen-bond donors (Lipinski definition) is 3. The van der Waals surface area contributed by atoms with Gasteiger partial charge in [0.25, 0.3) is 5.91 Å². The van der Waals surface area contributed by atoms with Gasteiger partial charge >= 0.3 is 12.1 Å². The molecule has 0 aromatic heterocycles. The van der Waals surface area contributed by atoms with Gasteiger partial charge in [-0.25, -0.2) is 9.59 Å².